The zero-order chi connectivity index (χ0) is 16.2. The first-order chi connectivity index (χ1) is 10.3. The minimum absolute atomic E-state index is 0.204. The lowest BCUT2D eigenvalue weighted by Gasteiger charge is -2.32. The number of carbonyl (C=O) groups is 1. The summed E-state index contributed by atoms with van der Waals surface area (Å²) in [7, 11) is 0. The number of nitrogens with one attached hydrogen (secondary N) is 2. The van der Waals surface area contributed by atoms with Crippen molar-refractivity contribution in [2.75, 3.05) is 0 Å². The van der Waals surface area contributed by atoms with Crippen LogP contribution in [0.1, 0.15) is 65.0 Å². The van der Waals surface area contributed by atoms with E-state index < -0.39 is 5.60 Å². The van der Waals surface area contributed by atoms with Gasteiger partial charge in [0.05, 0.1) is 0 Å². The van der Waals surface area contributed by atoms with Crippen molar-refractivity contribution in [3.8, 4) is 0 Å². The summed E-state index contributed by atoms with van der Waals surface area (Å²) in [5, 5.41) is 11.0. The number of amides is 1. The van der Waals surface area contributed by atoms with Gasteiger partial charge < -0.3 is 15.4 Å². The van der Waals surface area contributed by atoms with E-state index in [9.17, 15) is 4.79 Å². The Labute approximate surface area is 137 Å². The molecule has 4 nitrogen and oxygen atoms in total. The number of rotatable bonds is 4. The predicted octanol–water partition coefficient (Wildman–Crippen LogP) is 4.23. The second-order valence-electron chi connectivity index (χ2n) is 7.15. The lowest BCUT2D eigenvalue weighted by Crippen LogP contribution is -2.46. The quantitative estimate of drug-likeness (QED) is 0.871. The average Bonchev–Trinajstić information content (AvgIpc) is 2.90. The second kappa shape index (κ2) is 7.47. The highest BCUT2D eigenvalue weighted by Crippen LogP contribution is 2.23. The molecule has 5 heteroatoms. The Hall–Kier alpha value is -1.07. The van der Waals surface area contributed by atoms with Gasteiger partial charge in [-0.15, -0.1) is 0 Å². The van der Waals surface area contributed by atoms with Crippen molar-refractivity contribution >= 4 is 17.4 Å². The summed E-state index contributed by atoms with van der Waals surface area (Å²) in [4.78, 5) is 11.9. The third-order valence-corrected chi connectivity index (χ3v) is 4.63. The van der Waals surface area contributed by atoms with Gasteiger partial charge in [-0.2, -0.15) is 11.3 Å². The van der Waals surface area contributed by atoms with E-state index in [1.54, 1.807) is 11.3 Å². The van der Waals surface area contributed by atoms with Gasteiger partial charge in [-0.1, -0.05) is 0 Å². The maximum Gasteiger partial charge on any atom is 0.407 e. The average molecular weight is 324 g/mol. The number of ether oxygens (including phenoxy) is 1. The summed E-state index contributed by atoms with van der Waals surface area (Å²) >= 11 is 1.73. The fourth-order valence-electron chi connectivity index (χ4n) is 2.92. The SMILES string of the molecule is CC(NC1CCCC(NC(=O)OC(C)(C)C)C1)c1ccsc1. The number of hydrogen-bond donors (Lipinski definition) is 2. The van der Waals surface area contributed by atoms with Gasteiger partial charge in [-0.3, -0.25) is 0 Å². The first kappa shape index (κ1) is 17.3. The molecule has 1 saturated carbocycles. The number of carbonyl (C=O) groups excluding carboxylic acids is 1. The lowest BCUT2D eigenvalue weighted by molar-refractivity contribution is 0.0488. The van der Waals surface area contributed by atoms with Gasteiger partial charge in [-0.25, -0.2) is 4.79 Å². The smallest absolute Gasteiger partial charge is 0.407 e. The second-order valence-corrected chi connectivity index (χ2v) is 7.93. The van der Waals surface area contributed by atoms with Crippen LogP contribution in [-0.2, 0) is 4.74 Å². The van der Waals surface area contributed by atoms with E-state index in [-0.39, 0.29) is 12.1 Å². The number of thiophene rings is 1. The topological polar surface area (TPSA) is 50.4 Å². The molecule has 1 fully saturated rings. The van der Waals surface area contributed by atoms with Crippen LogP contribution in [0.5, 0.6) is 0 Å². The maximum atomic E-state index is 11.9. The molecular formula is C17H28N2O2S. The Balaban J connectivity index is 1.80. The lowest BCUT2D eigenvalue weighted by atomic mass is 9.90. The molecule has 0 saturated heterocycles. The molecule has 0 spiro atoms. The van der Waals surface area contributed by atoms with Gasteiger partial charge in [0.1, 0.15) is 5.60 Å². The Kier molecular flexibility index (Phi) is 5.87. The van der Waals surface area contributed by atoms with Crippen molar-refractivity contribution in [1.29, 1.82) is 0 Å². The Morgan fingerprint density at radius 1 is 1.36 bits per heavy atom. The summed E-state index contributed by atoms with van der Waals surface area (Å²) in [6.07, 6.45) is 4.00. The minimum atomic E-state index is -0.441. The van der Waals surface area contributed by atoms with Crippen LogP contribution in [0.4, 0.5) is 4.79 Å². The molecular weight excluding hydrogens is 296 g/mol. The van der Waals surface area contributed by atoms with Crippen LogP contribution in [0.15, 0.2) is 16.8 Å². The largest absolute Gasteiger partial charge is 0.444 e. The van der Waals surface area contributed by atoms with Crippen molar-refractivity contribution in [3.05, 3.63) is 22.4 Å². The van der Waals surface area contributed by atoms with Crippen LogP contribution in [0.2, 0.25) is 0 Å². The van der Waals surface area contributed by atoms with E-state index in [0.29, 0.717) is 12.1 Å². The van der Waals surface area contributed by atoms with Gasteiger partial charge in [0.2, 0.25) is 0 Å². The molecule has 2 rings (SSSR count). The van der Waals surface area contributed by atoms with Gasteiger partial charge >= 0.3 is 6.09 Å². The first-order valence-electron chi connectivity index (χ1n) is 8.11. The third kappa shape index (κ3) is 5.61. The summed E-state index contributed by atoms with van der Waals surface area (Å²) in [5.74, 6) is 0. The van der Waals surface area contributed by atoms with Crippen LogP contribution in [0, 0.1) is 0 Å². The first-order valence-corrected chi connectivity index (χ1v) is 9.05. The molecule has 0 bridgehead atoms. The van der Waals surface area contributed by atoms with Crippen molar-refractivity contribution in [3.63, 3.8) is 0 Å². The highest BCUT2D eigenvalue weighted by Gasteiger charge is 2.26. The van der Waals surface area contributed by atoms with E-state index in [1.807, 2.05) is 20.8 Å². The molecule has 1 aromatic heterocycles. The Morgan fingerprint density at radius 3 is 2.73 bits per heavy atom. The van der Waals surface area contributed by atoms with Crippen LogP contribution >= 0.6 is 11.3 Å². The molecule has 124 valence electrons. The minimum Gasteiger partial charge on any atom is -0.444 e. The summed E-state index contributed by atoms with van der Waals surface area (Å²) in [6, 6.07) is 3.18. The molecule has 3 unspecified atom stereocenters. The Bertz CT molecular complexity index is 468. The fourth-order valence-corrected chi connectivity index (χ4v) is 3.67. The van der Waals surface area contributed by atoms with E-state index in [1.165, 1.54) is 12.0 Å². The van der Waals surface area contributed by atoms with Crippen molar-refractivity contribution < 1.29 is 9.53 Å². The maximum absolute atomic E-state index is 11.9. The van der Waals surface area contributed by atoms with E-state index in [4.69, 9.17) is 4.74 Å². The fraction of sp³-hybridized carbons (Fsp3) is 0.706. The number of hydrogen-bond acceptors (Lipinski definition) is 4. The highest BCUT2D eigenvalue weighted by molar-refractivity contribution is 7.07. The third-order valence-electron chi connectivity index (χ3n) is 3.92. The molecule has 1 heterocycles. The van der Waals surface area contributed by atoms with Crippen LogP contribution in [0.3, 0.4) is 0 Å². The van der Waals surface area contributed by atoms with Crippen LogP contribution < -0.4 is 10.6 Å². The molecule has 2 N–H and O–H groups in total. The van der Waals surface area contributed by atoms with Gasteiger partial charge in [-0.05, 0) is 75.8 Å². The number of alkyl carbamates (subject to hydrolysis) is 1. The zero-order valence-electron chi connectivity index (χ0n) is 14.0. The van der Waals surface area contributed by atoms with E-state index >= 15 is 0 Å². The van der Waals surface area contributed by atoms with Crippen molar-refractivity contribution in [2.24, 2.45) is 0 Å². The van der Waals surface area contributed by atoms with Gasteiger partial charge in [0, 0.05) is 18.1 Å². The molecule has 1 amide bonds. The summed E-state index contributed by atoms with van der Waals surface area (Å²) < 4.78 is 5.35. The van der Waals surface area contributed by atoms with Crippen molar-refractivity contribution in [2.45, 2.75) is 77.1 Å². The molecule has 0 aliphatic heterocycles. The monoisotopic (exact) mass is 324 g/mol. The standard InChI is InChI=1S/C17H28N2O2S/c1-12(13-8-9-22-11-13)18-14-6-5-7-15(10-14)19-16(20)21-17(2,3)4/h8-9,11-12,14-15,18H,5-7,10H2,1-4H3,(H,19,20). The molecule has 0 radical (unpaired) electrons. The molecule has 0 aromatic carbocycles. The highest BCUT2D eigenvalue weighted by atomic mass is 32.1. The summed E-state index contributed by atoms with van der Waals surface area (Å²) in [6.45, 7) is 7.87. The molecule has 1 aliphatic carbocycles. The van der Waals surface area contributed by atoms with Gasteiger partial charge in [0.15, 0.2) is 0 Å². The molecule has 1 aliphatic rings. The van der Waals surface area contributed by atoms with E-state index in [0.717, 1.165) is 19.3 Å². The predicted molar refractivity (Wildman–Crippen MR) is 91.3 cm³/mol. The van der Waals surface area contributed by atoms with Crippen LogP contribution in [-0.4, -0.2) is 23.8 Å². The van der Waals surface area contributed by atoms with Crippen molar-refractivity contribution in [1.82, 2.24) is 10.6 Å². The normalized spacial score (nSPS) is 23.8. The molecule has 22 heavy (non-hydrogen) atoms. The van der Waals surface area contributed by atoms with Gasteiger partial charge in [0.25, 0.3) is 0 Å². The Morgan fingerprint density at radius 2 is 2.09 bits per heavy atom. The van der Waals surface area contributed by atoms with E-state index in [2.05, 4.69) is 34.4 Å². The zero-order valence-corrected chi connectivity index (χ0v) is 14.8. The molecule has 3 atom stereocenters. The van der Waals surface area contributed by atoms with Crippen LogP contribution in [0.25, 0.3) is 0 Å². The summed E-state index contributed by atoms with van der Waals surface area (Å²) in [5.41, 5.74) is 0.899. The molecule has 1 aromatic rings.